The molecule has 0 saturated heterocycles. The molecule has 2 amide bonds. The van der Waals surface area contributed by atoms with Crippen LogP contribution in [0.2, 0.25) is 5.02 Å². The topological polar surface area (TPSA) is 58.6 Å². The number of ether oxygens (including phenoxy) is 1. The van der Waals surface area contributed by atoms with Crippen molar-refractivity contribution in [3.05, 3.63) is 65.2 Å². The van der Waals surface area contributed by atoms with Gasteiger partial charge in [-0.05, 0) is 36.6 Å². The number of nitrogens with one attached hydrogen (secondary N) is 1. The SMILES string of the molecule is CC(C)CNC(=O)[C@H](C)N(Cc1ccccc1)C(=O)COc1cccc(Cl)c1. The molecule has 0 saturated carbocycles. The zero-order valence-electron chi connectivity index (χ0n) is 16.5. The summed E-state index contributed by atoms with van der Waals surface area (Å²) in [4.78, 5) is 27.0. The molecule has 0 aliphatic rings. The van der Waals surface area contributed by atoms with Gasteiger partial charge < -0.3 is 15.0 Å². The van der Waals surface area contributed by atoms with E-state index in [2.05, 4.69) is 5.32 Å². The van der Waals surface area contributed by atoms with Crippen LogP contribution in [0, 0.1) is 5.92 Å². The number of benzene rings is 2. The van der Waals surface area contributed by atoms with Crippen molar-refractivity contribution in [2.24, 2.45) is 5.92 Å². The number of nitrogens with zero attached hydrogens (tertiary/aromatic N) is 1. The third-order valence-corrected chi connectivity index (χ3v) is 4.44. The third-order valence-electron chi connectivity index (χ3n) is 4.21. The van der Waals surface area contributed by atoms with Crippen LogP contribution in [0.5, 0.6) is 5.75 Å². The second-order valence-corrected chi connectivity index (χ2v) is 7.50. The van der Waals surface area contributed by atoms with E-state index in [1.54, 1.807) is 31.2 Å². The molecular weight excluding hydrogens is 376 g/mol. The minimum absolute atomic E-state index is 0.172. The van der Waals surface area contributed by atoms with Crippen molar-refractivity contribution in [2.75, 3.05) is 13.2 Å². The Kier molecular flexibility index (Phi) is 8.33. The van der Waals surface area contributed by atoms with Gasteiger partial charge in [0.25, 0.3) is 5.91 Å². The maximum absolute atomic E-state index is 12.9. The Morgan fingerprint density at radius 3 is 2.43 bits per heavy atom. The summed E-state index contributed by atoms with van der Waals surface area (Å²) in [6.07, 6.45) is 0. The van der Waals surface area contributed by atoms with Crippen LogP contribution in [0.15, 0.2) is 54.6 Å². The number of carbonyl (C=O) groups excluding carboxylic acids is 2. The Labute approximate surface area is 171 Å². The van der Waals surface area contributed by atoms with Crippen LogP contribution in [-0.4, -0.2) is 35.9 Å². The molecule has 0 heterocycles. The minimum Gasteiger partial charge on any atom is -0.484 e. The van der Waals surface area contributed by atoms with Crippen LogP contribution < -0.4 is 10.1 Å². The molecule has 150 valence electrons. The van der Waals surface area contributed by atoms with Crippen molar-refractivity contribution in [1.82, 2.24) is 10.2 Å². The molecule has 0 fully saturated rings. The summed E-state index contributed by atoms with van der Waals surface area (Å²) in [5.41, 5.74) is 0.946. The molecule has 6 heteroatoms. The van der Waals surface area contributed by atoms with Gasteiger partial charge in [-0.15, -0.1) is 0 Å². The van der Waals surface area contributed by atoms with E-state index in [1.807, 2.05) is 44.2 Å². The third kappa shape index (κ3) is 6.89. The van der Waals surface area contributed by atoms with E-state index in [0.29, 0.717) is 29.8 Å². The predicted octanol–water partition coefficient (Wildman–Crippen LogP) is 3.91. The van der Waals surface area contributed by atoms with Gasteiger partial charge in [-0.2, -0.15) is 0 Å². The van der Waals surface area contributed by atoms with Gasteiger partial charge in [0, 0.05) is 18.1 Å². The lowest BCUT2D eigenvalue weighted by molar-refractivity contribution is -0.142. The molecule has 0 aromatic heterocycles. The second-order valence-electron chi connectivity index (χ2n) is 7.07. The van der Waals surface area contributed by atoms with Crippen molar-refractivity contribution < 1.29 is 14.3 Å². The van der Waals surface area contributed by atoms with Crippen molar-refractivity contribution in [2.45, 2.75) is 33.4 Å². The summed E-state index contributed by atoms with van der Waals surface area (Å²) in [7, 11) is 0. The van der Waals surface area contributed by atoms with Crippen molar-refractivity contribution in [1.29, 1.82) is 0 Å². The molecule has 28 heavy (non-hydrogen) atoms. The van der Waals surface area contributed by atoms with E-state index >= 15 is 0 Å². The number of hydrogen-bond acceptors (Lipinski definition) is 3. The van der Waals surface area contributed by atoms with Gasteiger partial charge in [0.1, 0.15) is 11.8 Å². The number of carbonyl (C=O) groups is 2. The number of amides is 2. The van der Waals surface area contributed by atoms with E-state index in [0.717, 1.165) is 5.56 Å². The molecule has 0 bridgehead atoms. The molecule has 2 aromatic carbocycles. The molecule has 0 aliphatic carbocycles. The summed E-state index contributed by atoms with van der Waals surface area (Å²) in [6, 6.07) is 15.8. The Hall–Kier alpha value is -2.53. The summed E-state index contributed by atoms with van der Waals surface area (Å²) < 4.78 is 5.59. The fourth-order valence-electron chi connectivity index (χ4n) is 2.60. The molecule has 5 nitrogen and oxygen atoms in total. The van der Waals surface area contributed by atoms with E-state index in [9.17, 15) is 9.59 Å². The van der Waals surface area contributed by atoms with Crippen molar-refractivity contribution in [3.63, 3.8) is 0 Å². The molecule has 2 aromatic rings. The smallest absolute Gasteiger partial charge is 0.261 e. The van der Waals surface area contributed by atoms with Gasteiger partial charge in [-0.3, -0.25) is 9.59 Å². The van der Waals surface area contributed by atoms with Crippen LogP contribution in [0.4, 0.5) is 0 Å². The lowest BCUT2D eigenvalue weighted by Crippen LogP contribution is -2.49. The highest BCUT2D eigenvalue weighted by molar-refractivity contribution is 6.30. The number of hydrogen-bond donors (Lipinski definition) is 1. The quantitative estimate of drug-likeness (QED) is 0.691. The van der Waals surface area contributed by atoms with Gasteiger partial charge in [-0.1, -0.05) is 61.8 Å². The average molecular weight is 403 g/mol. The zero-order valence-corrected chi connectivity index (χ0v) is 17.3. The zero-order chi connectivity index (χ0) is 20.5. The molecule has 2 rings (SSSR count). The Morgan fingerprint density at radius 1 is 1.07 bits per heavy atom. The van der Waals surface area contributed by atoms with Crippen LogP contribution in [0.25, 0.3) is 0 Å². The average Bonchev–Trinajstić information content (AvgIpc) is 2.68. The van der Waals surface area contributed by atoms with Gasteiger partial charge in [-0.25, -0.2) is 0 Å². The summed E-state index contributed by atoms with van der Waals surface area (Å²) in [6.45, 7) is 6.50. The monoisotopic (exact) mass is 402 g/mol. The Morgan fingerprint density at radius 2 is 1.79 bits per heavy atom. The normalized spacial score (nSPS) is 11.8. The first-order valence-electron chi connectivity index (χ1n) is 9.36. The van der Waals surface area contributed by atoms with Gasteiger partial charge >= 0.3 is 0 Å². The highest BCUT2D eigenvalue weighted by Gasteiger charge is 2.26. The standard InChI is InChI=1S/C22H27ClN2O3/c1-16(2)13-24-22(27)17(3)25(14-18-8-5-4-6-9-18)21(26)15-28-20-11-7-10-19(23)12-20/h4-12,16-17H,13-15H2,1-3H3,(H,24,27)/t17-/m0/s1. The Balaban J connectivity index is 2.09. The van der Waals surface area contributed by atoms with Gasteiger partial charge in [0.2, 0.25) is 5.91 Å². The van der Waals surface area contributed by atoms with Gasteiger partial charge in [0.05, 0.1) is 0 Å². The minimum atomic E-state index is -0.616. The lowest BCUT2D eigenvalue weighted by Gasteiger charge is -2.29. The van der Waals surface area contributed by atoms with Crippen LogP contribution in [0.1, 0.15) is 26.3 Å². The summed E-state index contributed by atoms with van der Waals surface area (Å²) in [5, 5.41) is 3.43. The van der Waals surface area contributed by atoms with E-state index < -0.39 is 6.04 Å². The fourth-order valence-corrected chi connectivity index (χ4v) is 2.78. The van der Waals surface area contributed by atoms with E-state index in [-0.39, 0.29) is 18.4 Å². The van der Waals surface area contributed by atoms with Crippen molar-refractivity contribution >= 4 is 23.4 Å². The molecule has 1 N–H and O–H groups in total. The first-order valence-corrected chi connectivity index (χ1v) is 9.74. The molecule has 1 atom stereocenters. The Bertz CT molecular complexity index is 780. The highest BCUT2D eigenvalue weighted by atomic mass is 35.5. The van der Waals surface area contributed by atoms with Crippen LogP contribution in [0.3, 0.4) is 0 Å². The first kappa shape index (κ1) is 21.8. The molecular formula is C22H27ClN2O3. The van der Waals surface area contributed by atoms with Crippen LogP contribution >= 0.6 is 11.6 Å². The summed E-state index contributed by atoms with van der Waals surface area (Å²) in [5.74, 6) is 0.398. The van der Waals surface area contributed by atoms with Gasteiger partial charge in [0.15, 0.2) is 6.61 Å². The second kappa shape index (κ2) is 10.7. The maximum atomic E-state index is 12.9. The van der Waals surface area contributed by atoms with E-state index in [1.165, 1.54) is 4.90 Å². The molecule has 0 unspecified atom stereocenters. The largest absolute Gasteiger partial charge is 0.484 e. The lowest BCUT2D eigenvalue weighted by atomic mass is 10.1. The first-order chi connectivity index (χ1) is 13.4. The highest BCUT2D eigenvalue weighted by Crippen LogP contribution is 2.17. The maximum Gasteiger partial charge on any atom is 0.261 e. The van der Waals surface area contributed by atoms with Crippen molar-refractivity contribution in [3.8, 4) is 5.75 Å². The molecule has 0 aliphatic heterocycles. The van der Waals surface area contributed by atoms with Crippen LogP contribution in [-0.2, 0) is 16.1 Å². The number of rotatable bonds is 9. The van der Waals surface area contributed by atoms with E-state index in [4.69, 9.17) is 16.3 Å². The number of halogens is 1. The fraction of sp³-hybridized carbons (Fsp3) is 0.364. The summed E-state index contributed by atoms with van der Waals surface area (Å²) >= 11 is 5.95. The molecule has 0 spiro atoms. The molecule has 0 radical (unpaired) electrons. The predicted molar refractivity (Wildman–Crippen MR) is 111 cm³/mol.